The maximum absolute atomic E-state index is 11.4. The van der Waals surface area contributed by atoms with E-state index >= 15 is 0 Å². The van der Waals surface area contributed by atoms with Gasteiger partial charge in [0.15, 0.2) is 5.69 Å². The average molecular weight is 257 g/mol. The van der Waals surface area contributed by atoms with Crippen molar-refractivity contribution in [3.05, 3.63) is 53.7 Å². The summed E-state index contributed by atoms with van der Waals surface area (Å²) in [6, 6.07) is 12.8. The van der Waals surface area contributed by atoms with Crippen LogP contribution in [-0.2, 0) is 11.2 Å². The molecule has 2 rings (SSSR count). The highest BCUT2D eigenvalue weighted by Crippen LogP contribution is 2.21. The van der Waals surface area contributed by atoms with Crippen molar-refractivity contribution in [2.45, 2.75) is 13.3 Å². The van der Waals surface area contributed by atoms with Crippen molar-refractivity contribution < 1.29 is 14.3 Å². The minimum Gasteiger partial charge on any atom is -0.464 e. The molecule has 0 spiro atoms. The Hall–Kier alpha value is -2.36. The third-order valence-corrected chi connectivity index (χ3v) is 2.65. The van der Waals surface area contributed by atoms with E-state index in [9.17, 15) is 4.79 Å². The van der Waals surface area contributed by atoms with Crippen LogP contribution in [0.2, 0.25) is 0 Å². The van der Waals surface area contributed by atoms with E-state index < -0.39 is 5.97 Å². The van der Waals surface area contributed by atoms with E-state index in [1.54, 1.807) is 18.2 Å². The molecule has 1 aromatic heterocycles. The first-order chi connectivity index (χ1) is 9.22. The van der Waals surface area contributed by atoms with Crippen LogP contribution in [0.3, 0.4) is 0 Å². The quantitative estimate of drug-likeness (QED) is 0.789. The summed E-state index contributed by atoms with van der Waals surface area (Å²) >= 11 is 0. The molecule has 0 aliphatic carbocycles. The van der Waals surface area contributed by atoms with Gasteiger partial charge in [0.1, 0.15) is 5.75 Å². The second kappa shape index (κ2) is 6.00. The molecule has 0 saturated carbocycles. The average Bonchev–Trinajstić information content (AvgIpc) is 2.47. The van der Waals surface area contributed by atoms with Gasteiger partial charge < -0.3 is 9.47 Å². The van der Waals surface area contributed by atoms with Crippen molar-refractivity contribution in [2.24, 2.45) is 0 Å². The Bertz CT molecular complexity index is 581. The first-order valence-corrected chi connectivity index (χ1v) is 6.05. The summed E-state index contributed by atoms with van der Waals surface area (Å²) in [5, 5.41) is 0. The van der Waals surface area contributed by atoms with Crippen LogP contribution in [0.4, 0.5) is 0 Å². The van der Waals surface area contributed by atoms with Crippen LogP contribution in [0.5, 0.6) is 11.6 Å². The van der Waals surface area contributed by atoms with Crippen molar-refractivity contribution in [3.8, 4) is 11.6 Å². The van der Waals surface area contributed by atoms with Gasteiger partial charge in [0.2, 0.25) is 5.88 Å². The Balaban J connectivity index is 2.20. The van der Waals surface area contributed by atoms with Crippen LogP contribution < -0.4 is 4.74 Å². The third-order valence-electron chi connectivity index (χ3n) is 2.65. The maximum Gasteiger partial charge on any atom is 0.356 e. The molecule has 0 aliphatic heterocycles. The van der Waals surface area contributed by atoms with Gasteiger partial charge in [0, 0.05) is 6.07 Å². The van der Waals surface area contributed by atoms with E-state index in [1.807, 2.05) is 24.3 Å². The Morgan fingerprint density at radius 2 is 2.00 bits per heavy atom. The van der Waals surface area contributed by atoms with Crippen LogP contribution in [-0.4, -0.2) is 18.1 Å². The fourth-order valence-electron chi connectivity index (χ4n) is 1.64. The molecule has 0 atom stereocenters. The number of aryl methyl sites for hydroxylation is 1. The number of aromatic nitrogens is 1. The minimum absolute atomic E-state index is 0.228. The number of carbonyl (C=O) groups is 1. The number of carbonyl (C=O) groups excluding carboxylic acids is 1. The molecule has 0 N–H and O–H groups in total. The van der Waals surface area contributed by atoms with Gasteiger partial charge >= 0.3 is 5.97 Å². The predicted molar refractivity (Wildman–Crippen MR) is 71.5 cm³/mol. The van der Waals surface area contributed by atoms with Gasteiger partial charge in [-0.2, -0.15) is 0 Å². The molecule has 0 unspecified atom stereocenters. The Morgan fingerprint density at radius 1 is 1.21 bits per heavy atom. The van der Waals surface area contributed by atoms with Gasteiger partial charge in [-0.05, 0) is 30.2 Å². The number of benzene rings is 1. The van der Waals surface area contributed by atoms with Gasteiger partial charge in [0.05, 0.1) is 7.11 Å². The van der Waals surface area contributed by atoms with Crippen LogP contribution in [0.15, 0.2) is 42.5 Å². The second-order valence-electron chi connectivity index (χ2n) is 3.96. The van der Waals surface area contributed by atoms with Crippen LogP contribution in [0, 0.1) is 0 Å². The summed E-state index contributed by atoms with van der Waals surface area (Å²) < 4.78 is 10.3. The van der Waals surface area contributed by atoms with Crippen molar-refractivity contribution in [3.63, 3.8) is 0 Å². The molecule has 1 aromatic carbocycles. The monoisotopic (exact) mass is 257 g/mol. The fourth-order valence-corrected chi connectivity index (χ4v) is 1.64. The molecule has 0 fully saturated rings. The fraction of sp³-hybridized carbons (Fsp3) is 0.200. The van der Waals surface area contributed by atoms with Crippen molar-refractivity contribution in [1.82, 2.24) is 4.98 Å². The highest BCUT2D eigenvalue weighted by Gasteiger charge is 2.08. The molecule has 0 bridgehead atoms. The van der Waals surface area contributed by atoms with E-state index in [4.69, 9.17) is 4.74 Å². The van der Waals surface area contributed by atoms with E-state index in [0.29, 0.717) is 11.6 Å². The van der Waals surface area contributed by atoms with Crippen LogP contribution in [0.25, 0.3) is 0 Å². The number of hydrogen-bond acceptors (Lipinski definition) is 4. The molecule has 4 nitrogen and oxygen atoms in total. The van der Waals surface area contributed by atoms with Gasteiger partial charge in [-0.25, -0.2) is 9.78 Å². The van der Waals surface area contributed by atoms with Crippen LogP contribution >= 0.6 is 0 Å². The number of ether oxygens (including phenoxy) is 2. The number of esters is 1. The number of methoxy groups -OCH3 is 1. The van der Waals surface area contributed by atoms with Crippen LogP contribution in [0.1, 0.15) is 23.0 Å². The van der Waals surface area contributed by atoms with Gasteiger partial charge in [0.25, 0.3) is 0 Å². The Morgan fingerprint density at radius 3 is 2.74 bits per heavy atom. The molecule has 1 heterocycles. The molecule has 0 radical (unpaired) electrons. The smallest absolute Gasteiger partial charge is 0.356 e. The van der Waals surface area contributed by atoms with E-state index in [0.717, 1.165) is 6.42 Å². The number of pyridine rings is 1. The molecule has 98 valence electrons. The van der Waals surface area contributed by atoms with Crippen molar-refractivity contribution in [1.29, 1.82) is 0 Å². The summed E-state index contributed by atoms with van der Waals surface area (Å²) in [6.07, 6.45) is 0.937. The highest BCUT2D eigenvalue weighted by atomic mass is 16.5. The van der Waals surface area contributed by atoms with E-state index in [2.05, 4.69) is 16.6 Å². The van der Waals surface area contributed by atoms with Gasteiger partial charge in [-0.15, -0.1) is 0 Å². The van der Waals surface area contributed by atoms with Crippen molar-refractivity contribution >= 4 is 5.97 Å². The molecule has 19 heavy (non-hydrogen) atoms. The zero-order valence-electron chi connectivity index (χ0n) is 10.9. The highest BCUT2D eigenvalue weighted by molar-refractivity contribution is 5.87. The third kappa shape index (κ3) is 3.31. The Kier molecular flexibility index (Phi) is 4.13. The summed E-state index contributed by atoms with van der Waals surface area (Å²) in [5.41, 5.74) is 1.41. The largest absolute Gasteiger partial charge is 0.464 e. The molecule has 0 amide bonds. The first-order valence-electron chi connectivity index (χ1n) is 6.05. The molecular formula is C15H15NO3. The zero-order valence-corrected chi connectivity index (χ0v) is 10.9. The Labute approximate surface area is 112 Å². The number of nitrogens with zero attached hydrogens (tertiary/aromatic N) is 1. The lowest BCUT2D eigenvalue weighted by Crippen LogP contribution is -2.04. The van der Waals surface area contributed by atoms with E-state index in [-0.39, 0.29) is 5.69 Å². The topological polar surface area (TPSA) is 48.4 Å². The first kappa shape index (κ1) is 13.1. The van der Waals surface area contributed by atoms with Crippen molar-refractivity contribution in [2.75, 3.05) is 7.11 Å². The second-order valence-corrected chi connectivity index (χ2v) is 3.96. The lowest BCUT2D eigenvalue weighted by atomic mass is 10.2. The summed E-state index contributed by atoms with van der Waals surface area (Å²) in [6.45, 7) is 2.08. The molecule has 0 saturated heterocycles. The maximum atomic E-state index is 11.4. The van der Waals surface area contributed by atoms with E-state index in [1.165, 1.54) is 12.7 Å². The number of hydrogen-bond donors (Lipinski definition) is 0. The summed E-state index contributed by atoms with van der Waals surface area (Å²) in [5.74, 6) is 0.595. The minimum atomic E-state index is -0.479. The predicted octanol–water partition coefficient (Wildman–Crippen LogP) is 3.22. The number of rotatable bonds is 4. The summed E-state index contributed by atoms with van der Waals surface area (Å²) in [4.78, 5) is 15.5. The SMILES string of the molecule is CCc1cccc(Oc2cccc(C(=O)OC)n2)c1. The molecule has 0 aliphatic rings. The van der Waals surface area contributed by atoms with Gasteiger partial charge in [-0.1, -0.05) is 25.1 Å². The van der Waals surface area contributed by atoms with Gasteiger partial charge in [-0.3, -0.25) is 0 Å². The lowest BCUT2D eigenvalue weighted by molar-refractivity contribution is 0.0593. The zero-order chi connectivity index (χ0) is 13.7. The standard InChI is InChI=1S/C15H15NO3/c1-3-11-6-4-7-12(10-11)19-14-9-5-8-13(16-14)15(17)18-2/h4-10H,3H2,1-2H3. The summed E-state index contributed by atoms with van der Waals surface area (Å²) in [7, 11) is 1.32. The molecule has 2 aromatic rings. The molecule has 4 heteroatoms. The normalized spacial score (nSPS) is 10.0. The lowest BCUT2D eigenvalue weighted by Gasteiger charge is -2.07. The molecular weight excluding hydrogens is 242 g/mol.